The second-order valence-electron chi connectivity index (χ2n) is 4.11. The molecule has 1 aromatic rings. The van der Waals surface area contributed by atoms with Crippen LogP contribution in [0.15, 0.2) is 12.1 Å². The molecule has 5 heteroatoms. The van der Waals surface area contributed by atoms with Gasteiger partial charge in [-0.1, -0.05) is 11.6 Å². The van der Waals surface area contributed by atoms with Crippen molar-refractivity contribution >= 4 is 40.6 Å². The van der Waals surface area contributed by atoms with Crippen LogP contribution in [0.25, 0.3) is 0 Å². The fraction of sp³-hybridized carbons (Fsp3) is 0.333. The number of rotatable bonds is 2. The molecular weight excluding hydrogens is 261 g/mol. The standard InChI is InChI=1S/C12H11Cl2NO2/c1-5-8-3-7(14)4-9(11(16)6(2)13)10(8)15-12(5)17/h3-6H,1-2H3,(H,15,17). The Labute approximate surface area is 109 Å². The predicted octanol–water partition coefficient (Wildman–Crippen LogP) is 3.21. The van der Waals surface area contributed by atoms with E-state index in [4.69, 9.17) is 23.2 Å². The van der Waals surface area contributed by atoms with E-state index in [2.05, 4.69) is 5.32 Å². The molecule has 0 radical (unpaired) electrons. The Kier molecular flexibility index (Phi) is 3.15. The van der Waals surface area contributed by atoms with Gasteiger partial charge in [-0.2, -0.15) is 0 Å². The molecule has 0 aromatic heterocycles. The molecule has 1 aliphatic rings. The van der Waals surface area contributed by atoms with Gasteiger partial charge in [0.05, 0.1) is 17.0 Å². The molecule has 0 aliphatic carbocycles. The fourth-order valence-corrected chi connectivity index (χ4v) is 2.23. The summed E-state index contributed by atoms with van der Waals surface area (Å²) in [6.45, 7) is 3.37. The molecule has 0 bridgehead atoms. The smallest absolute Gasteiger partial charge is 0.231 e. The van der Waals surface area contributed by atoms with Crippen molar-refractivity contribution in [3.63, 3.8) is 0 Å². The van der Waals surface area contributed by atoms with E-state index in [-0.39, 0.29) is 17.6 Å². The first-order valence-electron chi connectivity index (χ1n) is 5.24. The number of ketones is 1. The van der Waals surface area contributed by atoms with Crippen molar-refractivity contribution < 1.29 is 9.59 Å². The van der Waals surface area contributed by atoms with Crippen LogP contribution in [0.4, 0.5) is 5.69 Å². The van der Waals surface area contributed by atoms with E-state index in [0.717, 1.165) is 5.56 Å². The van der Waals surface area contributed by atoms with Crippen LogP contribution in [0, 0.1) is 0 Å². The van der Waals surface area contributed by atoms with Gasteiger partial charge in [-0.25, -0.2) is 0 Å². The summed E-state index contributed by atoms with van der Waals surface area (Å²) < 4.78 is 0. The molecule has 3 nitrogen and oxygen atoms in total. The van der Waals surface area contributed by atoms with E-state index in [1.54, 1.807) is 26.0 Å². The summed E-state index contributed by atoms with van der Waals surface area (Å²) in [6, 6.07) is 3.25. The second-order valence-corrected chi connectivity index (χ2v) is 5.20. The van der Waals surface area contributed by atoms with Crippen molar-refractivity contribution in [1.29, 1.82) is 0 Å². The fourth-order valence-electron chi connectivity index (χ4n) is 1.89. The van der Waals surface area contributed by atoms with Gasteiger partial charge in [0.1, 0.15) is 0 Å². The van der Waals surface area contributed by atoms with Gasteiger partial charge in [0.2, 0.25) is 5.91 Å². The molecule has 1 N–H and O–H groups in total. The van der Waals surface area contributed by atoms with Crippen LogP contribution in [0.5, 0.6) is 0 Å². The first kappa shape index (κ1) is 12.4. The van der Waals surface area contributed by atoms with Crippen LogP contribution >= 0.6 is 23.2 Å². The quantitative estimate of drug-likeness (QED) is 0.663. The van der Waals surface area contributed by atoms with Crippen molar-refractivity contribution in [3.05, 3.63) is 28.3 Å². The van der Waals surface area contributed by atoms with E-state index >= 15 is 0 Å². The third-order valence-corrected chi connectivity index (χ3v) is 3.28. The lowest BCUT2D eigenvalue weighted by atomic mass is 9.98. The SMILES string of the molecule is CC(Cl)C(=O)c1cc(Cl)cc2c1NC(=O)C2C. The van der Waals surface area contributed by atoms with Gasteiger partial charge in [-0.3, -0.25) is 9.59 Å². The molecule has 0 fully saturated rings. The topological polar surface area (TPSA) is 46.2 Å². The Balaban J connectivity index is 2.60. The van der Waals surface area contributed by atoms with Crippen LogP contribution < -0.4 is 5.32 Å². The first-order chi connectivity index (χ1) is 7.91. The number of alkyl halides is 1. The number of anilines is 1. The van der Waals surface area contributed by atoms with Crippen molar-refractivity contribution in [3.8, 4) is 0 Å². The summed E-state index contributed by atoms with van der Waals surface area (Å²) in [5, 5.41) is 2.49. The highest BCUT2D eigenvalue weighted by atomic mass is 35.5. The summed E-state index contributed by atoms with van der Waals surface area (Å²) in [5.74, 6) is -0.653. The highest BCUT2D eigenvalue weighted by Crippen LogP contribution is 2.38. The minimum absolute atomic E-state index is 0.126. The van der Waals surface area contributed by atoms with Gasteiger partial charge >= 0.3 is 0 Å². The molecule has 0 saturated heterocycles. The predicted molar refractivity (Wildman–Crippen MR) is 68.1 cm³/mol. The highest BCUT2D eigenvalue weighted by molar-refractivity contribution is 6.36. The molecule has 2 rings (SSSR count). The van der Waals surface area contributed by atoms with Gasteiger partial charge < -0.3 is 5.32 Å². The van der Waals surface area contributed by atoms with Crippen molar-refractivity contribution in [2.75, 3.05) is 5.32 Å². The van der Waals surface area contributed by atoms with Gasteiger partial charge in [-0.05, 0) is 31.5 Å². The number of hydrogen-bond acceptors (Lipinski definition) is 2. The molecule has 1 amide bonds. The zero-order valence-corrected chi connectivity index (χ0v) is 10.9. The zero-order chi connectivity index (χ0) is 12.7. The van der Waals surface area contributed by atoms with E-state index in [9.17, 15) is 9.59 Å². The molecule has 0 saturated carbocycles. The van der Waals surface area contributed by atoms with Crippen molar-refractivity contribution in [2.24, 2.45) is 0 Å². The summed E-state index contributed by atoms with van der Waals surface area (Å²) >= 11 is 11.7. The number of benzene rings is 1. The van der Waals surface area contributed by atoms with E-state index < -0.39 is 5.38 Å². The molecule has 1 aromatic carbocycles. The molecule has 2 atom stereocenters. The van der Waals surface area contributed by atoms with Crippen LogP contribution in [-0.4, -0.2) is 17.1 Å². The maximum atomic E-state index is 11.9. The minimum Gasteiger partial charge on any atom is -0.325 e. The van der Waals surface area contributed by atoms with Crippen molar-refractivity contribution in [1.82, 2.24) is 0 Å². The maximum Gasteiger partial charge on any atom is 0.231 e. The van der Waals surface area contributed by atoms with Gasteiger partial charge in [0.15, 0.2) is 5.78 Å². The van der Waals surface area contributed by atoms with E-state index in [0.29, 0.717) is 16.3 Å². The summed E-state index contributed by atoms with van der Waals surface area (Å²) in [6.07, 6.45) is 0. The normalized spacial score (nSPS) is 19.8. The number of carbonyl (C=O) groups is 2. The number of amides is 1. The largest absolute Gasteiger partial charge is 0.325 e. The number of hydrogen-bond donors (Lipinski definition) is 1. The molecule has 1 aliphatic heterocycles. The number of Topliss-reactive ketones (excluding diaryl/α,β-unsaturated/α-hetero) is 1. The van der Waals surface area contributed by atoms with Gasteiger partial charge in [0, 0.05) is 10.6 Å². The third kappa shape index (κ3) is 2.05. The van der Waals surface area contributed by atoms with Crippen molar-refractivity contribution in [2.45, 2.75) is 25.1 Å². The van der Waals surface area contributed by atoms with Crippen LogP contribution in [-0.2, 0) is 4.79 Å². The monoisotopic (exact) mass is 271 g/mol. The zero-order valence-electron chi connectivity index (χ0n) is 9.38. The number of fused-ring (bicyclic) bond motifs is 1. The van der Waals surface area contributed by atoms with Gasteiger partial charge in [-0.15, -0.1) is 11.6 Å². The highest BCUT2D eigenvalue weighted by Gasteiger charge is 2.31. The number of nitrogens with one attached hydrogen (secondary N) is 1. The van der Waals surface area contributed by atoms with Crippen LogP contribution in [0.1, 0.15) is 35.7 Å². The lowest BCUT2D eigenvalue weighted by Gasteiger charge is -2.09. The maximum absolute atomic E-state index is 11.9. The molecule has 2 unspecified atom stereocenters. The molecule has 1 heterocycles. The molecule has 90 valence electrons. The third-order valence-electron chi connectivity index (χ3n) is 2.87. The Hall–Kier alpha value is -1.06. The molecular formula is C12H11Cl2NO2. The summed E-state index contributed by atoms with van der Waals surface area (Å²) in [4.78, 5) is 23.5. The number of carbonyl (C=O) groups excluding carboxylic acids is 2. The lowest BCUT2D eigenvalue weighted by molar-refractivity contribution is -0.116. The second kappa shape index (κ2) is 4.31. The van der Waals surface area contributed by atoms with E-state index in [1.165, 1.54) is 0 Å². The van der Waals surface area contributed by atoms with Crippen LogP contribution in [0.2, 0.25) is 5.02 Å². The van der Waals surface area contributed by atoms with Crippen LogP contribution in [0.3, 0.4) is 0 Å². The Morgan fingerprint density at radius 2 is 2.12 bits per heavy atom. The lowest BCUT2D eigenvalue weighted by Crippen LogP contribution is -2.14. The molecule has 17 heavy (non-hydrogen) atoms. The average molecular weight is 272 g/mol. The van der Waals surface area contributed by atoms with Gasteiger partial charge in [0.25, 0.3) is 0 Å². The van der Waals surface area contributed by atoms with E-state index in [1.807, 2.05) is 0 Å². The number of halogens is 2. The summed E-state index contributed by atoms with van der Waals surface area (Å²) in [5.41, 5.74) is 1.68. The molecule has 0 spiro atoms. The Morgan fingerprint density at radius 3 is 2.71 bits per heavy atom. The minimum atomic E-state index is -0.648. The Morgan fingerprint density at radius 1 is 1.47 bits per heavy atom. The Bertz CT molecular complexity index is 511. The summed E-state index contributed by atoms with van der Waals surface area (Å²) in [7, 11) is 0. The first-order valence-corrected chi connectivity index (χ1v) is 6.06. The average Bonchev–Trinajstić information content (AvgIpc) is 2.54.